The molecule has 0 radical (unpaired) electrons. The van der Waals surface area contributed by atoms with E-state index in [0.717, 1.165) is 0 Å². The Morgan fingerprint density at radius 1 is 0.250 bits per heavy atom. The van der Waals surface area contributed by atoms with E-state index >= 15 is 0 Å². The standard InChI is InChI=1S/7ClH.Mg.2H/h7*1H;;;. The number of rotatable bonds is 0. The van der Waals surface area contributed by atoms with Gasteiger partial charge < -0.3 is 0 Å². The molecule has 0 bridgehead atoms. The molecule has 0 saturated heterocycles. The Hall–Kier alpha value is 2.80. The van der Waals surface area contributed by atoms with Crippen molar-refractivity contribution < 1.29 is 0 Å². The van der Waals surface area contributed by atoms with Crippen molar-refractivity contribution in [1.29, 1.82) is 0 Å². The number of hydrogen-bond acceptors (Lipinski definition) is 0. The van der Waals surface area contributed by atoms with E-state index in [9.17, 15) is 0 Å². The van der Waals surface area contributed by atoms with Crippen molar-refractivity contribution in [3.63, 3.8) is 0 Å². The van der Waals surface area contributed by atoms with Crippen LogP contribution < -0.4 is 0 Å². The van der Waals surface area contributed by atoms with Gasteiger partial charge in [-0.15, -0.1) is 86.8 Å². The van der Waals surface area contributed by atoms with Crippen molar-refractivity contribution in [2.75, 3.05) is 0 Å². The minimum Gasteiger partial charge on any atom is -0.147 e. The molecule has 60 valence electrons. The van der Waals surface area contributed by atoms with Crippen LogP contribution in [0.25, 0.3) is 0 Å². The molecule has 0 aromatic heterocycles. The molecule has 0 atom stereocenters. The molecule has 0 aliphatic carbocycles. The van der Waals surface area contributed by atoms with E-state index in [0.29, 0.717) is 0 Å². The van der Waals surface area contributed by atoms with Gasteiger partial charge in [0.1, 0.15) is 0 Å². The van der Waals surface area contributed by atoms with Gasteiger partial charge >= 0.3 is 23.1 Å². The quantitative estimate of drug-likeness (QED) is 0.596. The van der Waals surface area contributed by atoms with Gasteiger partial charge in [0.2, 0.25) is 0 Å². The first kappa shape index (κ1) is 133. The van der Waals surface area contributed by atoms with Crippen molar-refractivity contribution in [2.24, 2.45) is 0 Å². The first-order valence-corrected chi connectivity index (χ1v) is 0. The molecule has 0 fully saturated rings. The predicted molar refractivity (Wildman–Crippen MR) is 59.3 cm³/mol. The predicted octanol–water partition coefficient (Wildman–Crippen LogP) is 2.04. The maximum Gasteiger partial charge on any atom is 0.316 e. The summed E-state index contributed by atoms with van der Waals surface area (Å²) >= 11 is 0. The molecule has 0 heterocycles. The molecule has 8 heavy (non-hydrogen) atoms. The molecule has 0 rings (SSSR count). The average Bonchev–Trinajstić information content (AvgIpc) is 0. The molecule has 0 spiro atoms. The zero-order chi connectivity index (χ0) is 0. The SMILES string of the molecule is Cl.Cl.Cl.Cl.Cl.Cl.Cl.[MgH2]. The number of halogens is 7. The second kappa shape index (κ2) is 96.9. The van der Waals surface area contributed by atoms with Crippen LogP contribution in [0.2, 0.25) is 0 Å². The second-order valence-corrected chi connectivity index (χ2v) is 0. The Labute approximate surface area is 109 Å². The summed E-state index contributed by atoms with van der Waals surface area (Å²) < 4.78 is 0. The molecule has 0 aromatic rings. The van der Waals surface area contributed by atoms with Crippen molar-refractivity contribution in [2.45, 2.75) is 0 Å². The third kappa shape index (κ3) is 68.4. The van der Waals surface area contributed by atoms with E-state index in [1.807, 2.05) is 0 Å². The summed E-state index contributed by atoms with van der Waals surface area (Å²) in [4.78, 5) is 0. The highest BCUT2D eigenvalue weighted by Gasteiger charge is 0.316. The normalized spacial score (nSPS) is 0. The van der Waals surface area contributed by atoms with Gasteiger partial charge in [-0.05, 0) is 0 Å². The molecule has 0 saturated carbocycles. The first-order chi connectivity index (χ1) is 0. The van der Waals surface area contributed by atoms with E-state index in [-0.39, 0.29) is 110 Å². The fourth-order valence-electron chi connectivity index (χ4n) is 0. The van der Waals surface area contributed by atoms with Crippen LogP contribution in [0.15, 0.2) is 0 Å². The van der Waals surface area contributed by atoms with Crippen molar-refractivity contribution >= 4 is 110 Å². The molecule has 0 aliphatic rings. The minimum absolute atomic E-state index is 0. The lowest BCUT2D eigenvalue weighted by Gasteiger charge is -0.148. The summed E-state index contributed by atoms with van der Waals surface area (Å²) in [6.07, 6.45) is 0. The van der Waals surface area contributed by atoms with E-state index < -0.39 is 0 Å². The van der Waals surface area contributed by atoms with E-state index in [1.165, 1.54) is 0 Å². The van der Waals surface area contributed by atoms with Gasteiger partial charge in [0.15, 0.2) is 0 Å². The maximum atomic E-state index is 0. The molecule has 0 N–H and O–H groups in total. The average molecular weight is 282 g/mol. The zero-order valence-electron chi connectivity index (χ0n) is 2.86. The summed E-state index contributed by atoms with van der Waals surface area (Å²) in [6, 6.07) is 0. The van der Waals surface area contributed by atoms with Gasteiger partial charge in [0.25, 0.3) is 0 Å². The summed E-state index contributed by atoms with van der Waals surface area (Å²) in [5.41, 5.74) is 0. The van der Waals surface area contributed by atoms with Gasteiger partial charge in [-0.1, -0.05) is 0 Å². The summed E-state index contributed by atoms with van der Waals surface area (Å²) in [5, 5.41) is 0. The van der Waals surface area contributed by atoms with Crippen LogP contribution in [0.3, 0.4) is 0 Å². The van der Waals surface area contributed by atoms with Crippen molar-refractivity contribution in [1.82, 2.24) is 0 Å². The lowest BCUT2D eigenvalue weighted by molar-refractivity contribution is 5.75. The van der Waals surface area contributed by atoms with Crippen LogP contribution in [0.4, 0.5) is 0 Å². The maximum absolute atomic E-state index is 0. The zero-order valence-corrected chi connectivity index (χ0v) is 8.57. The van der Waals surface area contributed by atoms with Crippen LogP contribution in [-0.2, 0) is 0 Å². The monoisotopic (exact) mass is 278 g/mol. The smallest absolute Gasteiger partial charge is 0.147 e. The van der Waals surface area contributed by atoms with Crippen LogP contribution in [0.5, 0.6) is 0 Å². The van der Waals surface area contributed by atoms with Gasteiger partial charge in [0, 0.05) is 0 Å². The molecule has 8 heteroatoms. The largest absolute Gasteiger partial charge is 0.316 e. The van der Waals surface area contributed by atoms with Gasteiger partial charge in [-0.3, -0.25) is 0 Å². The third-order valence-electron chi connectivity index (χ3n) is 0. The molecule has 0 amide bonds. The van der Waals surface area contributed by atoms with Crippen LogP contribution >= 0.6 is 86.8 Å². The molecule has 0 nitrogen and oxygen atoms in total. The first-order valence-electron chi connectivity index (χ1n) is 0. The van der Waals surface area contributed by atoms with Gasteiger partial charge in [0.05, 0.1) is 0 Å². The Balaban J connectivity index is 0. The second-order valence-electron chi connectivity index (χ2n) is 0. The highest BCUT2D eigenvalue weighted by Crippen LogP contribution is 0.696. The van der Waals surface area contributed by atoms with E-state index in [2.05, 4.69) is 0 Å². The van der Waals surface area contributed by atoms with Crippen molar-refractivity contribution in [3.05, 3.63) is 0 Å². The van der Waals surface area contributed by atoms with E-state index in [1.54, 1.807) is 0 Å². The fraction of sp³-hybridized carbons (Fsp3) is 0. The Bertz CT molecular complexity index is 4.35. The highest BCUT2D eigenvalue weighted by molar-refractivity contribution is 5.86. The lowest BCUT2D eigenvalue weighted by Crippen LogP contribution is -0.381. The van der Waals surface area contributed by atoms with Gasteiger partial charge in [-0.2, -0.15) is 0 Å². The molecular formula is H9Cl7Mg. The Morgan fingerprint density at radius 3 is 0.250 bits per heavy atom. The highest BCUT2D eigenvalue weighted by atomic mass is 35.5. The topological polar surface area (TPSA) is 0 Å². The third-order valence-corrected chi connectivity index (χ3v) is 0. The van der Waals surface area contributed by atoms with Crippen LogP contribution in [-0.4, -0.2) is 23.1 Å². The molecule has 0 aromatic carbocycles. The fourth-order valence-corrected chi connectivity index (χ4v) is 0. The molecule has 0 aliphatic heterocycles. The summed E-state index contributed by atoms with van der Waals surface area (Å²) in [5.74, 6) is 0. The van der Waals surface area contributed by atoms with Crippen LogP contribution in [0.1, 0.15) is 0 Å². The molecular weight excluding hydrogens is 272 g/mol. The minimum atomic E-state index is 0. The summed E-state index contributed by atoms with van der Waals surface area (Å²) in [6.45, 7) is 0. The Kier molecular flexibility index (Phi) is 1610. The van der Waals surface area contributed by atoms with Gasteiger partial charge in [-0.25, -0.2) is 0 Å². The van der Waals surface area contributed by atoms with Crippen LogP contribution in [0, 0.1) is 0 Å². The Morgan fingerprint density at radius 2 is 0.250 bits per heavy atom. The van der Waals surface area contributed by atoms with Crippen molar-refractivity contribution in [3.8, 4) is 0 Å². The number of hydrogen-bond donors (Lipinski definition) is 0. The lowest BCUT2D eigenvalue weighted by atomic mass is 24.3. The molecule has 0 unspecified atom stereocenters. The van der Waals surface area contributed by atoms with E-state index in [4.69, 9.17) is 0 Å². The summed E-state index contributed by atoms with van der Waals surface area (Å²) in [7, 11) is 0.